The quantitative estimate of drug-likeness (QED) is 0.574. The maximum atomic E-state index is 10.7. The summed E-state index contributed by atoms with van der Waals surface area (Å²) in [7, 11) is 1.78. The van der Waals surface area contributed by atoms with Gasteiger partial charge in [-0.15, -0.1) is 0 Å². The summed E-state index contributed by atoms with van der Waals surface area (Å²) >= 11 is 0. The molecule has 3 heteroatoms. The van der Waals surface area contributed by atoms with Crippen molar-refractivity contribution in [2.75, 3.05) is 7.05 Å². The van der Waals surface area contributed by atoms with Gasteiger partial charge in [0, 0.05) is 0 Å². The van der Waals surface area contributed by atoms with E-state index >= 15 is 0 Å². The minimum Gasteiger partial charge on any atom is -0.368 e. The van der Waals surface area contributed by atoms with Crippen molar-refractivity contribution in [1.82, 2.24) is 5.32 Å². The molecule has 0 unspecified atom stereocenters. The average molecular weight is 142 g/mol. The lowest BCUT2D eigenvalue weighted by Gasteiger charge is -2.09. The first-order valence-corrected chi connectivity index (χ1v) is 3.70. The molecule has 10 heavy (non-hydrogen) atoms. The first kappa shape index (κ1) is 7.54. The third-order valence-electron chi connectivity index (χ3n) is 1.96. The molecule has 1 rings (SSSR count). The van der Waals surface area contributed by atoms with Crippen molar-refractivity contribution in [1.29, 1.82) is 0 Å². The molecule has 0 heterocycles. The van der Waals surface area contributed by atoms with Gasteiger partial charge < -0.3 is 11.1 Å². The lowest BCUT2D eigenvalue weighted by Crippen LogP contribution is -2.39. The Hall–Kier alpha value is -0.570. The largest absolute Gasteiger partial charge is 0.368 e. The van der Waals surface area contributed by atoms with Gasteiger partial charge >= 0.3 is 0 Å². The summed E-state index contributed by atoms with van der Waals surface area (Å²) in [6, 6.07) is -0.104. The molecule has 1 saturated carbocycles. The zero-order valence-electron chi connectivity index (χ0n) is 6.26. The number of primary amides is 1. The zero-order chi connectivity index (χ0) is 7.56. The molecule has 3 nitrogen and oxygen atoms in total. The minimum absolute atomic E-state index is 0.104. The average Bonchev–Trinajstić information content (AvgIpc) is 2.64. The van der Waals surface area contributed by atoms with Gasteiger partial charge in [0.25, 0.3) is 0 Å². The van der Waals surface area contributed by atoms with E-state index in [1.807, 2.05) is 0 Å². The molecule has 1 fully saturated rings. The molecule has 0 aromatic heterocycles. The van der Waals surface area contributed by atoms with E-state index in [2.05, 4.69) is 5.32 Å². The van der Waals surface area contributed by atoms with Crippen LogP contribution < -0.4 is 11.1 Å². The van der Waals surface area contributed by atoms with Gasteiger partial charge in [0.1, 0.15) is 0 Å². The summed E-state index contributed by atoms with van der Waals surface area (Å²) in [5.41, 5.74) is 5.12. The lowest BCUT2D eigenvalue weighted by atomic mass is 10.1. The minimum atomic E-state index is -0.227. The lowest BCUT2D eigenvalue weighted by molar-refractivity contribution is -0.120. The van der Waals surface area contributed by atoms with Gasteiger partial charge in [-0.05, 0) is 19.4 Å². The van der Waals surface area contributed by atoms with E-state index in [1.165, 1.54) is 12.8 Å². The number of nitrogens with two attached hydrogens (primary N) is 1. The number of hydrogen-bond acceptors (Lipinski definition) is 2. The fraction of sp³-hybridized carbons (Fsp3) is 0.857. The first-order chi connectivity index (χ1) is 4.74. The van der Waals surface area contributed by atoms with Crippen molar-refractivity contribution in [3.63, 3.8) is 0 Å². The van der Waals surface area contributed by atoms with Crippen LogP contribution >= 0.6 is 0 Å². The molecule has 1 amide bonds. The summed E-state index contributed by atoms with van der Waals surface area (Å²) < 4.78 is 0. The van der Waals surface area contributed by atoms with Crippen molar-refractivity contribution >= 4 is 5.91 Å². The number of nitrogens with one attached hydrogen (secondary N) is 1. The summed E-state index contributed by atoms with van der Waals surface area (Å²) in [5, 5.41) is 2.90. The summed E-state index contributed by atoms with van der Waals surface area (Å²) in [6.07, 6.45) is 3.46. The third-order valence-corrected chi connectivity index (χ3v) is 1.96. The van der Waals surface area contributed by atoms with Crippen LogP contribution in [-0.2, 0) is 4.79 Å². The van der Waals surface area contributed by atoms with Crippen LogP contribution in [0.3, 0.4) is 0 Å². The van der Waals surface area contributed by atoms with E-state index < -0.39 is 0 Å². The monoisotopic (exact) mass is 142 g/mol. The van der Waals surface area contributed by atoms with Crippen molar-refractivity contribution in [2.45, 2.75) is 25.3 Å². The van der Waals surface area contributed by atoms with E-state index in [9.17, 15) is 4.79 Å². The predicted octanol–water partition coefficient (Wildman–Crippen LogP) is -0.140. The maximum Gasteiger partial charge on any atom is 0.234 e. The Labute approximate surface area is 61.0 Å². The summed E-state index contributed by atoms with van der Waals surface area (Å²) in [6.45, 7) is 0. The summed E-state index contributed by atoms with van der Waals surface area (Å²) in [4.78, 5) is 10.7. The highest BCUT2D eigenvalue weighted by Gasteiger charge is 2.26. The van der Waals surface area contributed by atoms with Gasteiger partial charge in [-0.25, -0.2) is 0 Å². The number of carbonyl (C=O) groups excluding carboxylic acids is 1. The van der Waals surface area contributed by atoms with Gasteiger partial charge in [0.05, 0.1) is 6.04 Å². The second-order valence-corrected chi connectivity index (χ2v) is 2.92. The van der Waals surface area contributed by atoms with Gasteiger partial charge in [0.2, 0.25) is 5.91 Å². The Morgan fingerprint density at radius 3 is 2.70 bits per heavy atom. The molecular weight excluding hydrogens is 128 g/mol. The molecule has 0 aromatic rings. The third kappa shape index (κ3) is 1.99. The second kappa shape index (κ2) is 3.01. The predicted molar refractivity (Wildman–Crippen MR) is 39.4 cm³/mol. The van der Waals surface area contributed by atoms with Crippen molar-refractivity contribution in [3.05, 3.63) is 0 Å². The highest BCUT2D eigenvalue weighted by Crippen LogP contribution is 2.33. The van der Waals surface area contributed by atoms with Gasteiger partial charge in [-0.3, -0.25) is 4.79 Å². The van der Waals surface area contributed by atoms with Gasteiger partial charge in [-0.2, -0.15) is 0 Å². The normalized spacial score (nSPS) is 20.5. The zero-order valence-corrected chi connectivity index (χ0v) is 6.26. The van der Waals surface area contributed by atoms with Crippen LogP contribution in [0.5, 0.6) is 0 Å². The van der Waals surface area contributed by atoms with E-state index in [4.69, 9.17) is 5.73 Å². The fourth-order valence-corrected chi connectivity index (χ4v) is 1.06. The maximum absolute atomic E-state index is 10.7. The van der Waals surface area contributed by atoms with E-state index in [0.29, 0.717) is 0 Å². The Kier molecular flexibility index (Phi) is 2.27. The van der Waals surface area contributed by atoms with Gasteiger partial charge in [0.15, 0.2) is 0 Å². The Morgan fingerprint density at radius 1 is 1.80 bits per heavy atom. The molecule has 0 spiro atoms. The number of hydrogen-bond donors (Lipinski definition) is 2. The van der Waals surface area contributed by atoms with Crippen LogP contribution in [0, 0.1) is 5.92 Å². The van der Waals surface area contributed by atoms with Crippen LogP contribution in [-0.4, -0.2) is 19.0 Å². The van der Waals surface area contributed by atoms with E-state index in [-0.39, 0.29) is 11.9 Å². The molecule has 0 radical (unpaired) electrons. The molecule has 0 aliphatic heterocycles. The Balaban J connectivity index is 2.24. The smallest absolute Gasteiger partial charge is 0.234 e. The molecule has 3 N–H and O–H groups in total. The summed E-state index contributed by atoms with van der Waals surface area (Å²) in [5.74, 6) is 0.527. The van der Waals surface area contributed by atoms with Crippen molar-refractivity contribution < 1.29 is 4.79 Å². The van der Waals surface area contributed by atoms with Crippen LogP contribution in [0.4, 0.5) is 0 Å². The SMILES string of the molecule is CN[C@@H](CC1CC1)C(N)=O. The Bertz CT molecular complexity index is 132. The molecule has 58 valence electrons. The number of likely N-dealkylation sites (N-methyl/N-ethyl adjacent to an activating group) is 1. The standard InChI is InChI=1S/C7H14N2O/c1-9-6(7(8)10)4-5-2-3-5/h5-6,9H,2-4H2,1H3,(H2,8,10)/t6-/m0/s1. The van der Waals surface area contributed by atoms with Crippen molar-refractivity contribution in [2.24, 2.45) is 11.7 Å². The molecule has 1 atom stereocenters. The van der Waals surface area contributed by atoms with Gasteiger partial charge in [-0.1, -0.05) is 12.8 Å². The van der Waals surface area contributed by atoms with Crippen LogP contribution in [0.25, 0.3) is 0 Å². The number of carbonyl (C=O) groups is 1. The van der Waals surface area contributed by atoms with Crippen LogP contribution in [0.2, 0.25) is 0 Å². The van der Waals surface area contributed by atoms with E-state index in [1.54, 1.807) is 7.05 Å². The molecule has 0 aromatic carbocycles. The molecule has 1 aliphatic carbocycles. The fourth-order valence-electron chi connectivity index (χ4n) is 1.06. The highest BCUT2D eigenvalue weighted by molar-refractivity contribution is 5.79. The highest BCUT2D eigenvalue weighted by atomic mass is 16.1. The van der Waals surface area contributed by atoms with E-state index in [0.717, 1.165) is 12.3 Å². The van der Waals surface area contributed by atoms with Crippen molar-refractivity contribution in [3.8, 4) is 0 Å². The number of amides is 1. The van der Waals surface area contributed by atoms with Crippen LogP contribution in [0.15, 0.2) is 0 Å². The topological polar surface area (TPSA) is 55.1 Å². The molecule has 1 aliphatic rings. The molecule has 0 bridgehead atoms. The number of rotatable bonds is 4. The first-order valence-electron chi connectivity index (χ1n) is 3.70. The second-order valence-electron chi connectivity index (χ2n) is 2.92. The molecular formula is C7H14N2O. The molecule has 0 saturated heterocycles. The van der Waals surface area contributed by atoms with Crippen LogP contribution in [0.1, 0.15) is 19.3 Å². The Morgan fingerprint density at radius 2 is 2.40 bits per heavy atom.